The van der Waals surface area contributed by atoms with Crippen molar-refractivity contribution in [2.45, 2.75) is 84.1 Å². The second kappa shape index (κ2) is 23.8. The van der Waals surface area contributed by atoms with Crippen molar-refractivity contribution in [3.05, 3.63) is 177 Å². The van der Waals surface area contributed by atoms with E-state index in [9.17, 15) is 57.5 Å². The summed E-state index contributed by atoms with van der Waals surface area (Å²) in [6.45, 7) is 2.66. The number of rotatable bonds is 18. The lowest BCUT2D eigenvalue weighted by Gasteiger charge is -2.44. The van der Waals surface area contributed by atoms with Gasteiger partial charge in [0, 0.05) is 12.0 Å². The molecule has 0 radical (unpaired) electrons. The van der Waals surface area contributed by atoms with Crippen molar-refractivity contribution >= 4 is 33.8 Å². The number of halogens is 20. The Balaban J connectivity index is 0.000000304. The van der Waals surface area contributed by atoms with Gasteiger partial charge < -0.3 is 0 Å². The van der Waals surface area contributed by atoms with Gasteiger partial charge in [0.15, 0.2) is 81.7 Å². The van der Waals surface area contributed by atoms with Crippen LogP contribution in [0.5, 0.6) is 0 Å². The molecule has 72 heavy (non-hydrogen) atoms. The summed E-state index contributed by atoms with van der Waals surface area (Å²) in [7, 11) is 0. The second-order valence-electron chi connectivity index (χ2n) is 16.2. The standard InChI is InChI=1S/C24BF20.C24H35N2O/c26-5-1(6(27)14(35)21(42)13(5)34)25(2-7(28)15(36)22(43)16(37)8(2)29,3-9(30)17(38)23(44)18(39)10(3)31)4-11(32)19(40)24(45)20(41)12(4)33;1-2-3-4-5-6-7-8-9-10-14-17-23-20-25-18-19-26(23)21-24(27)22-15-12-11-13-16-22/h;11-13,15-16,18-20H,2-10,14,17,21H2,1H3/q-1;+1. The largest absolute Gasteiger partial charge is 0.287 e. The first-order valence-corrected chi connectivity index (χ1v) is 21.6. The third-order valence-electron chi connectivity index (χ3n) is 11.8. The van der Waals surface area contributed by atoms with Crippen LogP contribution in [0, 0.1) is 116 Å². The highest BCUT2D eigenvalue weighted by Gasteiger charge is 2.52. The van der Waals surface area contributed by atoms with Gasteiger partial charge in [-0.15, -0.1) is 21.9 Å². The van der Waals surface area contributed by atoms with E-state index in [4.69, 9.17) is 0 Å². The third kappa shape index (κ3) is 10.7. The molecule has 0 saturated heterocycles. The Morgan fingerprint density at radius 1 is 0.417 bits per heavy atom. The molecule has 0 amide bonds. The average molecular weight is 1050 g/mol. The Hall–Kier alpha value is -6.49. The number of carbonyl (C=O) groups is 1. The van der Waals surface area contributed by atoms with Crippen LogP contribution in [0.4, 0.5) is 87.8 Å². The van der Waals surface area contributed by atoms with Crippen LogP contribution in [0.1, 0.15) is 87.2 Å². The van der Waals surface area contributed by atoms with Crippen molar-refractivity contribution in [3.8, 4) is 0 Å². The molecule has 0 aliphatic rings. The number of benzene rings is 5. The molecule has 0 aliphatic heterocycles. The first kappa shape index (κ1) is 56.4. The van der Waals surface area contributed by atoms with Gasteiger partial charge in [-0.3, -0.25) is 9.78 Å². The Labute approximate surface area is 396 Å². The summed E-state index contributed by atoms with van der Waals surface area (Å²) in [4.78, 5) is 16.7. The summed E-state index contributed by atoms with van der Waals surface area (Å²) in [6, 6.07) is 9.52. The second-order valence-corrected chi connectivity index (χ2v) is 16.2. The predicted octanol–water partition coefficient (Wildman–Crippen LogP) is 11.6. The van der Waals surface area contributed by atoms with Gasteiger partial charge in [0.2, 0.25) is 12.3 Å². The molecule has 0 saturated carbocycles. The number of ketones is 1. The zero-order valence-electron chi connectivity index (χ0n) is 37.0. The summed E-state index contributed by atoms with van der Waals surface area (Å²) < 4.78 is 296. The molecule has 0 spiro atoms. The van der Waals surface area contributed by atoms with Gasteiger partial charge in [-0.2, -0.15) is 4.57 Å². The van der Waals surface area contributed by atoms with Gasteiger partial charge in [-0.05, 0) is 6.42 Å². The Morgan fingerprint density at radius 3 is 1.03 bits per heavy atom. The summed E-state index contributed by atoms with van der Waals surface area (Å²) in [5.74, 6) is -71.3. The first-order valence-electron chi connectivity index (χ1n) is 21.6. The number of aromatic nitrogens is 2. The molecule has 1 aromatic heterocycles. The minimum Gasteiger partial charge on any atom is -0.287 e. The van der Waals surface area contributed by atoms with E-state index in [-0.39, 0.29) is 5.78 Å². The summed E-state index contributed by atoms with van der Waals surface area (Å²) >= 11 is 0. The van der Waals surface area contributed by atoms with Crippen LogP contribution in [-0.2, 0) is 13.0 Å². The maximum Gasteiger partial charge on any atom is 0.227 e. The maximum absolute atomic E-state index is 15.4. The minimum atomic E-state index is -7.22. The molecular weight excluding hydrogens is 1010 g/mol. The van der Waals surface area contributed by atoms with E-state index >= 15 is 35.1 Å². The van der Waals surface area contributed by atoms with Crippen molar-refractivity contribution in [2.24, 2.45) is 0 Å². The van der Waals surface area contributed by atoms with Gasteiger partial charge in [0.25, 0.3) is 0 Å². The first-order chi connectivity index (χ1) is 34.0. The highest BCUT2D eigenvalue weighted by molar-refractivity contribution is 7.20. The van der Waals surface area contributed by atoms with Gasteiger partial charge in [-0.25, -0.2) is 87.8 Å². The van der Waals surface area contributed by atoms with Gasteiger partial charge in [0.1, 0.15) is 52.7 Å². The van der Waals surface area contributed by atoms with Crippen LogP contribution < -0.4 is 26.4 Å². The smallest absolute Gasteiger partial charge is 0.227 e. The van der Waals surface area contributed by atoms with E-state index in [1.54, 1.807) is 6.20 Å². The van der Waals surface area contributed by atoms with Gasteiger partial charge in [0.05, 0.1) is 12.4 Å². The predicted molar refractivity (Wildman–Crippen MR) is 220 cm³/mol. The highest BCUT2D eigenvalue weighted by atomic mass is 19.2. The molecule has 6 aromatic rings. The number of nitrogens with zero attached hydrogens (tertiary/aromatic N) is 2. The number of hydrogen-bond donors (Lipinski definition) is 0. The molecule has 386 valence electrons. The monoisotopic (exact) mass is 1050 g/mol. The molecule has 6 rings (SSSR count). The number of hydrogen-bond acceptors (Lipinski definition) is 2. The SMILES string of the molecule is CCCCCCCCCCCCc1cncc[n+]1CC(=O)c1ccccc1.Fc1c(F)c(F)c([B-](c2c(F)c(F)c(F)c(F)c2F)(c2c(F)c(F)c(F)c(F)c2F)c2c(F)c(F)c(F)c(F)c2F)c(F)c1F. The van der Waals surface area contributed by atoms with Crippen molar-refractivity contribution in [2.75, 3.05) is 0 Å². The molecule has 3 nitrogen and oxygen atoms in total. The number of unbranched alkanes of at least 4 members (excludes halogenated alkanes) is 9. The van der Waals surface area contributed by atoms with Crippen LogP contribution in [0.15, 0.2) is 48.9 Å². The maximum atomic E-state index is 15.4. The van der Waals surface area contributed by atoms with E-state index < -0.39 is 144 Å². The molecule has 0 atom stereocenters. The van der Waals surface area contributed by atoms with E-state index in [1.807, 2.05) is 42.7 Å². The fraction of sp³-hybridized carbons (Fsp3) is 0.271. The normalized spacial score (nSPS) is 11.6. The van der Waals surface area contributed by atoms with E-state index in [1.165, 1.54) is 64.2 Å². The van der Waals surface area contributed by atoms with Crippen molar-refractivity contribution < 1.29 is 97.2 Å². The molecule has 0 aliphatic carbocycles. The Morgan fingerprint density at radius 2 is 0.708 bits per heavy atom. The topological polar surface area (TPSA) is 33.8 Å². The van der Waals surface area contributed by atoms with Crippen molar-refractivity contribution in [1.29, 1.82) is 0 Å². The summed E-state index contributed by atoms with van der Waals surface area (Å²) in [5.41, 5.74) is -12.4. The zero-order chi connectivity index (χ0) is 53.5. The number of aryl methyl sites for hydroxylation is 1. The van der Waals surface area contributed by atoms with Crippen LogP contribution in [0.2, 0.25) is 0 Å². The zero-order valence-corrected chi connectivity index (χ0v) is 37.0. The highest BCUT2D eigenvalue weighted by Crippen LogP contribution is 2.31. The number of carbonyl (C=O) groups excluding carboxylic acids is 1. The van der Waals surface area contributed by atoms with E-state index in [0.29, 0.717) is 6.54 Å². The fourth-order valence-electron chi connectivity index (χ4n) is 8.32. The Kier molecular flexibility index (Phi) is 18.7. The molecule has 0 fully saturated rings. The van der Waals surface area contributed by atoms with Crippen LogP contribution in [0.3, 0.4) is 0 Å². The van der Waals surface area contributed by atoms with Crippen molar-refractivity contribution in [1.82, 2.24) is 4.98 Å². The molecule has 5 aromatic carbocycles. The van der Waals surface area contributed by atoms with Crippen LogP contribution >= 0.6 is 0 Å². The van der Waals surface area contributed by atoms with Gasteiger partial charge in [-0.1, -0.05) is 95.0 Å². The number of Topliss-reactive ketones (excluding diaryl/α,β-unsaturated/α-hetero) is 1. The van der Waals surface area contributed by atoms with E-state index in [2.05, 4.69) is 16.5 Å². The summed E-state index contributed by atoms with van der Waals surface area (Å²) in [6.07, 6.45) is 12.8. The quantitative estimate of drug-likeness (QED) is 0.0163. The van der Waals surface area contributed by atoms with Crippen LogP contribution in [0.25, 0.3) is 0 Å². The molecular formula is C48H35BF20N2O. The minimum absolute atomic E-state index is 0.149. The van der Waals surface area contributed by atoms with E-state index in [0.717, 1.165) is 17.7 Å². The fourth-order valence-corrected chi connectivity index (χ4v) is 8.32. The third-order valence-corrected chi connectivity index (χ3v) is 11.8. The molecule has 24 heteroatoms. The summed E-state index contributed by atoms with van der Waals surface area (Å²) in [5, 5.41) is 0. The van der Waals surface area contributed by atoms with Gasteiger partial charge >= 0.3 is 0 Å². The lowest BCUT2D eigenvalue weighted by atomic mass is 9.12. The lowest BCUT2D eigenvalue weighted by molar-refractivity contribution is -0.691. The molecule has 0 N–H and O–H groups in total. The average Bonchev–Trinajstić information content (AvgIpc) is 3.37. The molecule has 1 heterocycles. The molecule has 0 unspecified atom stereocenters. The Bertz CT molecular complexity index is 2590. The molecule has 0 bridgehead atoms. The lowest BCUT2D eigenvalue weighted by Crippen LogP contribution is -2.81. The van der Waals surface area contributed by atoms with Crippen LogP contribution in [-0.4, -0.2) is 16.9 Å². The van der Waals surface area contributed by atoms with Crippen molar-refractivity contribution in [3.63, 3.8) is 0 Å².